The van der Waals surface area contributed by atoms with Crippen molar-refractivity contribution < 1.29 is 0 Å². The van der Waals surface area contributed by atoms with Gasteiger partial charge in [0, 0.05) is 14.1 Å². The summed E-state index contributed by atoms with van der Waals surface area (Å²) in [7, 11) is 3.87. The van der Waals surface area contributed by atoms with Crippen LogP contribution in [0.4, 0.5) is 5.95 Å². The maximum atomic E-state index is 4.27. The topological polar surface area (TPSA) is 54.8 Å². The SMILES string of the molecule is CNc1nnc(C2(C)CCCCN2)n1C. The van der Waals surface area contributed by atoms with Crippen molar-refractivity contribution >= 4 is 5.95 Å². The van der Waals surface area contributed by atoms with E-state index >= 15 is 0 Å². The third kappa shape index (κ3) is 1.71. The van der Waals surface area contributed by atoms with Crippen molar-refractivity contribution in [3.8, 4) is 0 Å². The highest BCUT2D eigenvalue weighted by molar-refractivity contribution is 5.26. The number of anilines is 1. The van der Waals surface area contributed by atoms with Gasteiger partial charge in [-0.3, -0.25) is 4.57 Å². The number of hydrogen-bond donors (Lipinski definition) is 2. The molecule has 0 radical (unpaired) electrons. The van der Waals surface area contributed by atoms with Crippen LogP contribution in [0.1, 0.15) is 32.0 Å². The quantitative estimate of drug-likeness (QED) is 0.758. The fraction of sp³-hybridized carbons (Fsp3) is 0.800. The lowest BCUT2D eigenvalue weighted by Crippen LogP contribution is -2.45. The number of rotatable bonds is 2. The van der Waals surface area contributed by atoms with Gasteiger partial charge in [-0.2, -0.15) is 0 Å². The summed E-state index contributed by atoms with van der Waals surface area (Å²) in [6, 6.07) is 0. The lowest BCUT2D eigenvalue weighted by Gasteiger charge is -2.33. The van der Waals surface area contributed by atoms with Crippen LogP contribution in [-0.4, -0.2) is 28.4 Å². The molecule has 1 atom stereocenters. The molecule has 0 amide bonds. The largest absolute Gasteiger partial charge is 0.357 e. The molecule has 1 aromatic rings. The van der Waals surface area contributed by atoms with E-state index in [9.17, 15) is 0 Å². The van der Waals surface area contributed by atoms with Crippen molar-refractivity contribution in [1.82, 2.24) is 20.1 Å². The first-order valence-corrected chi connectivity index (χ1v) is 5.50. The minimum Gasteiger partial charge on any atom is -0.357 e. The summed E-state index contributed by atoms with van der Waals surface area (Å²) in [4.78, 5) is 0. The maximum absolute atomic E-state index is 4.27. The second-order valence-corrected chi connectivity index (χ2v) is 4.37. The molecular formula is C10H19N5. The van der Waals surface area contributed by atoms with Crippen LogP contribution >= 0.6 is 0 Å². The Balaban J connectivity index is 2.30. The van der Waals surface area contributed by atoms with Crippen molar-refractivity contribution in [2.75, 3.05) is 18.9 Å². The van der Waals surface area contributed by atoms with Gasteiger partial charge in [0.05, 0.1) is 5.54 Å². The predicted molar refractivity (Wildman–Crippen MR) is 59.8 cm³/mol. The van der Waals surface area contributed by atoms with Crippen molar-refractivity contribution in [2.45, 2.75) is 31.7 Å². The Morgan fingerprint density at radius 2 is 2.20 bits per heavy atom. The van der Waals surface area contributed by atoms with E-state index < -0.39 is 0 Å². The summed E-state index contributed by atoms with van der Waals surface area (Å²) in [5.41, 5.74) is -0.0188. The Kier molecular flexibility index (Phi) is 2.65. The second kappa shape index (κ2) is 3.81. The third-order valence-corrected chi connectivity index (χ3v) is 3.21. The van der Waals surface area contributed by atoms with Gasteiger partial charge in [-0.1, -0.05) is 0 Å². The van der Waals surface area contributed by atoms with E-state index in [0.717, 1.165) is 24.7 Å². The van der Waals surface area contributed by atoms with E-state index in [0.29, 0.717) is 0 Å². The van der Waals surface area contributed by atoms with Crippen molar-refractivity contribution in [3.05, 3.63) is 5.82 Å². The monoisotopic (exact) mass is 209 g/mol. The molecule has 84 valence electrons. The van der Waals surface area contributed by atoms with E-state index in [-0.39, 0.29) is 5.54 Å². The Bertz CT molecular complexity index is 338. The van der Waals surface area contributed by atoms with E-state index in [1.54, 1.807) is 0 Å². The van der Waals surface area contributed by atoms with Gasteiger partial charge in [0.2, 0.25) is 5.95 Å². The number of piperidine rings is 1. The van der Waals surface area contributed by atoms with Crippen LogP contribution in [0.25, 0.3) is 0 Å². The molecule has 1 fully saturated rings. The molecule has 1 aromatic heterocycles. The molecule has 5 heteroatoms. The molecule has 0 aromatic carbocycles. The molecule has 0 saturated carbocycles. The molecule has 1 unspecified atom stereocenters. The molecule has 1 aliphatic heterocycles. The van der Waals surface area contributed by atoms with Gasteiger partial charge in [-0.25, -0.2) is 0 Å². The highest BCUT2D eigenvalue weighted by Gasteiger charge is 2.33. The highest BCUT2D eigenvalue weighted by atomic mass is 15.4. The zero-order valence-electron chi connectivity index (χ0n) is 9.67. The summed E-state index contributed by atoms with van der Waals surface area (Å²) in [6.45, 7) is 3.27. The van der Waals surface area contributed by atoms with Crippen LogP contribution in [-0.2, 0) is 12.6 Å². The smallest absolute Gasteiger partial charge is 0.224 e. The highest BCUT2D eigenvalue weighted by Crippen LogP contribution is 2.28. The standard InChI is InChI=1S/C10H19N5/c1-10(6-4-5-7-12-10)8-13-14-9(11-2)15(8)3/h12H,4-7H2,1-3H3,(H,11,14). The van der Waals surface area contributed by atoms with Gasteiger partial charge < -0.3 is 10.6 Å². The van der Waals surface area contributed by atoms with Gasteiger partial charge in [0.1, 0.15) is 0 Å². The zero-order valence-corrected chi connectivity index (χ0v) is 9.67. The Hall–Kier alpha value is -1.10. The zero-order chi connectivity index (χ0) is 10.9. The normalized spacial score (nSPS) is 26.6. The molecule has 15 heavy (non-hydrogen) atoms. The number of hydrogen-bond acceptors (Lipinski definition) is 4. The van der Waals surface area contributed by atoms with Crippen LogP contribution in [0.5, 0.6) is 0 Å². The van der Waals surface area contributed by atoms with E-state index in [1.807, 2.05) is 18.7 Å². The summed E-state index contributed by atoms with van der Waals surface area (Å²) in [6.07, 6.45) is 3.64. The van der Waals surface area contributed by atoms with Crippen LogP contribution in [0.3, 0.4) is 0 Å². The first-order valence-electron chi connectivity index (χ1n) is 5.50. The molecule has 5 nitrogen and oxygen atoms in total. The van der Waals surface area contributed by atoms with Gasteiger partial charge in [-0.15, -0.1) is 10.2 Å². The fourth-order valence-corrected chi connectivity index (χ4v) is 2.27. The van der Waals surface area contributed by atoms with Crippen molar-refractivity contribution in [1.29, 1.82) is 0 Å². The molecule has 1 saturated heterocycles. The molecule has 2 heterocycles. The van der Waals surface area contributed by atoms with Gasteiger partial charge in [0.25, 0.3) is 0 Å². The molecule has 2 N–H and O–H groups in total. The Labute approximate surface area is 90.3 Å². The molecule has 0 bridgehead atoms. The minimum absolute atomic E-state index is 0.0188. The molecule has 0 spiro atoms. The van der Waals surface area contributed by atoms with Crippen LogP contribution < -0.4 is 10.6 Å². The molecule has 0 aliphatic carbocycles. The van der Waals surface area contributed by atoms with Crippen LogP contribution in [0, 0.1) is 0 Å². The average molecular weight is 209 g/mol. The van der Waals surface area contributed by atoms with Crippen molar-refractivity contribution in [3.63, 3.8) is 0 Å². The first kappa shape index (κ1) is 10.4. The summed E-state index contributed by atoms with van der Waals surface area (Å²) >= 11 is 0. The summed E-state index contributed by atoms with van der Waals surface area (Å²) in [5.74, 6) is 1.84. The number of nitrogens with one attached hydrogen (secondary N) is 2. The van der Waals surface area contributed by atoms with Crippen molar-refractivity contribution in [2.24, 2.45) is 7.05 Å². The first-order chi connectivity index (χ1) is 7.17. The molecule has 2 rings (SSSR count). The lowest BCUT2D eigenvalue weighted by atomic mass is 9.90. The van der Waals surface area contributed by atoms with Gasteiger partial charge >= 0.3 is 0 Å². The van der Waals surface area contributed by atoms with Crippen LogP contribution in [0.2, 0.25) is 0 Å². The van der Waals surface area contributed by atoms with E-state index in [2.05, 4.69) is 27.8 Å². The Morgan fingerprint density at radius 1 is 1.40 bits per heavy atom. The fourth-order valence-electron chi connectivity index (χ4n) is 2.27. The van der Waals surface area contributed by atoms with Crippen LogP contribution in [0.15, 0.2) is 0 Å². The second-order valence-electron chi connectivity index (χ2n) is 4.37. The Morgan fingerprint density at radius 3 is 2.73 bits per heavy atom. The van der Waals surface area contributed by atoms with Gasteiger partial charge in [0.15, 0.2) is 5.82 Å². The molecule has 1 aliphatic rings. The number of aromatic nitrogens is 3. The third-order valence-electron chi connectivity index (χ3n) is 3.21. The molecular weight excluding hydrogens is 190 g/mol. The lowest BCUT2D eigenvalue weighted by molar-refractivity contribution is 0.262. The van der Waals surface area contributed by atoms with Gasteiger partial charge in [-0.05, 0) is 32.7 Å². The maximum Gasteiger partial charge on any atom is 0.224 e. The van der Waals surface area contributed by atoms with E-state index in [1.165, 1.54) is 12.8 Å². The average Bonchev–Trinajstić information content (AvgIpc) is 2.61. The minimum atomic E-state index is -0.0188. The summed E-state index contributed by atoms with van der Waals surface area (Å²) < 4.78 is 2.03. The predicted octanol–water partition coefficient (Wildman–Crippen LogP) is 0.845. The summed E-state index contributed by atoms with van der Waals surface area (Å²) in [5, 5.41) is 15.0. The van der Waals surface area contributed by atoms with E-state index in [4.69, 9.17) is 0 Å². The number of nitrogens with zero attached hydrogens (tertiary/aromatic N) is 3.